The first-order chi connectivity index (χ1) is 7.43. The maximum absolute atomic E-state index is 11.2. The lowest BCUT2D eigenvalue weighted by atomic mass is 10.2. The third-order valence-corrected chi connectivity index (χ3v) is 1.62. The van der Waals surface area contributed by atoms with Crippen molar-refractivity contribution in [3.8, 4) is 0 Å². The average Bonchev–Trinajstić information content (AvgIpc) is 2.24. The van der Waals surface area contributed by atoms with Crippen molar-refractivity contribution in [2.75, 3.05) is 13.2 Å². The van der Waals surface area contributed by atoms with Crippen LogP contribution in [0.5, 0.6) is 0 Å². The van der Waals surface area contributed by atoms with Crippen LogP contribution in [0.2, 0.25) is 0 Å². The number of carboxylic acid groups (broad SMARTS) is 1. The van der Waals surface area contributed by atoms with E-state index >= 15 is 0 Å². The summed E-state index contributed by atoms with van der Waals surface area (Å²) >= 11 is 0. The molecular weight excluding hydrogens is 220 g/mol. The molecule has 1 unspecified atom stereocenters. The number of hydrogen-bond acceptors (Lipinski definition) is 6. The second kappa shape index (κ2) is 6.75. The summed E-state index contributed by atoms with van der Waals surface area (Å²) in [6.45, 7) is 0.801. The van der Waals surface area contributed by atoms with Crippen molar-refractivity contribution in [2.24, 2.45) is 5.73 Å². The molecule has 5 N–H and O–H groups in total. The van der Waals surface area contributed by atoms with Gasteiger partial charge in [-0.25, -0.2) is 9.59 Å². The van der Waals surface area contributed by atoms with E-state index in [0.717, 1.165) is 0 Å². The Bertz CT molecular complexity index is 280. The minimum Gasteiger partial charge on any atom is -0.480 e. The maximum Gasteiger partial charge on any atom is 0.332 e. The molecule has 0 bridgehead atoms. The number of ether oxygens (including phenoxy) is 1. The second-order valence-corrected chi connectivity index (χ2v) is 2.81. The Hall–Kier alpha value is -1.67. The summed E-state index contributed by atoms with van der Waals surface area (Å²) in [7, 11) is 0. The van der Waals surface area contributed by atoms with Crippen molar-refractivity contribution in [1.82, 2.24) is 5.32 Å². The molecule has 8 nitrogen and oxygen atoms in total. The number of carbonyl (C=O) groups excluding carboxylic acids is 2. The lowest BCUT2D eigenvalue weighted by molar-refractivity contribution is -0.150. The van der Waals surface area contributed by atoms with Crippen LogP contribution in [0.1, 0.15) is 6.92 Å². The first-order valence-electron chi connectivity index (χ1n) is 4.50. The fourth-order valence-corrected chi connectivity index (χ4v) is 0.786. The van der Waals surface area contributed by atoms with Gasteiger partial charge >= 0.3 is 11.9 Å². The summed E-state index contributed by atoms with van der Waals surface area (Å²) in [6, 6.07) is -3.10. The van der Waals surface area contributed by atoms with Crippen molar-refractivity contribution >= 4 is 17.8 Å². The van der Waals surface area contributed by atoms with E-state index in [1.54, 1.807) is 0 Å². The van der Waals surface area contributed by atoms with Gasteiger partial charge in [0.1, 0.15) is 6.04 Å². The third kappa shape index (κ3) is 4.24. The SMILES string of the molecule is CCOC(=O)C(N)C(=O)N[C@@H](CO)C(=O)O. The van der Waals surface area contributed by atoms with Crippen LogP contribution < -0.4 is 11.1 Å². The molecule has 0 aliphatic carbocycles. The Labute approximate surface area is 91.4 Å². The number of carbonyl (C=O) groups is 3. The van der Waals surface area contributed by atoms with E-state index < -0.39 is 36.5 Å². The number of hydrogen-bond donors (Lipinski definition) is 4. The van der Waals surface area contributed by atoms with Gasteiger partial charge in [-0.3, -0.25) is 4.79 Å². The second-order valence-electron chi connectivity index (χ2n) is 2.81. The van der Waals surface area contributed by atoms with Crippen LogP contribution in [0.15, 0.2) is 0 Å². The van der Waals surface area contributed by atoms with E-state index in [1.807, 2.05) is 5.32 Å². The summed E-state index contributed by atoms with van der Waals surface area (Å²) in [6.07, 6.45) is 0. The summed E-state index contributed by atoms with van der Waals surface area (Å²) in [5.41, 5.74) is 5.19. The molecule has 0 aromatic rings. The van der Waals surface area contributed by atoms with E-state index in [2.05, 4.69) is 4.74 Å². The highest BCUT2D eigenvalue weighted by Gasteiger charge is 2.27. The minimum atomic E-state index is -1.60. The smallest absolute Gasteiger partial charge is 0.332 e. The molecule has 16 heavy (non-hydrogen) atoms. The number of nitrogens with one attached hydrogen (secondary N) is 1. The van der Waals surface area contributed by atoms with Gasteiger partial charge in [-0.2, -0.15) is 0 Å². The zero-order valence-electron chi connectivity index (χ0n) is 8.67. The van der Waals surface area contributed by atoms with Crippen LogP contribution in [0.3, 0.4) is 0 Å². The molecule has 92 valence electrons. The molecule has 0 rings (SSSR count). The van der Waals surface area contributed by atoms with Crippen molar-refractivity contribution in [3.05, 3.63) is 0 Å². The molecule has 1 amide bonds. The van der Waals surface area contributed by atoms with Gasteiger partial charge < -0.3 is 26.0 Å². The van der Waals surface area contributed by atoms with Crippen molar-refractivity contribution in [3.63, 3.8) is 0 Å². The lowest BCUT2D eigenvalue weighted by Crippen LogP contribution is -2.53. The lowest BCUT2D eigenvalue weighted by Gasteiger charge is -2.14. The Morgan fingerprint density at radius 2 is 2.00 bits per heavy atom. The van der Waals surface area contributed by atoms with Crippen LogP contribution in [-0.4, -0.2) is 53.4 Å². The summed E-state index contributed by atoms with van der Waals surface area (Å²) in [4.78, 5) is 32.7. The van der Waals surface area contributed by atoms with E-state index in [9.17, 15) is 14.4 Å². The van der Waals surface area contributed by atoms with E-state index in [4.69, 9.17) is 15.9 Å². The van der Waals surface area contributed by atoms with Crippen LogP contribution in [0.4, 0.5) is 0 Å². The minimum absolute atomic E-state index is 0.0577. The van der Waals surface area contributed by atoms with E-state index in [-0.39, 0.29) is 6.61 Å². The van der Waals surface area contributed by atoms with Gasteiger partial charge in [0.2, 0.25) is 5.91 Å². The third-order valence-electron chi connectivity index (χ3n) is 1.62. The van der Waals surface area contributed by atoms with Gasteiger partial charge in [-0.05, 0) is 6.92 Å². The number of aliphatic hydroxyl groups excluding tert-OH is 1. The molecule has 0 aliphatic rings. The van der Waals surface area contributed by atoms with Crippen LogP contribution in [0.25, 0.3) is 0 Å². The van der Waals surface area contributed by atoms with Crippen molar-refractivity contribution < 1.29 is 29.3 Å². The first kappa shape index (κ1) is 14.3. The zero-order chi connectivity index (χ0) is 12.7. The number of esters is 1. The molecular formula is C8H14N2O6. The van der Waals surface area contributed by atoms with Gasteiger partial charge in [-0.15, -0.1) is 0 Å². The highest BCUT2D eigenvalue weighted by Crippen LogP contribution is 1.89. The van der Waals surface area contributed by atoms with Gasteiger partial charge in [0.25, 0.3) is 0 Å². The topological polar surface area (TPSA) is 139 Å². The molecule has 0 fully saturated rings. The number of nitrogens with two attached hydrogens (primary N) is 1. The molecule has 0 aromatic heterocycles. The molecule has 0 heterocycles. The van der Waals surface area contributed by atoms with Gasteiger partial charge in [-0.1, -0.05) is 0 Å². The number of carboxylic acids is 1. The Balaban J connectivity index is 4.34. The average molecular weight is 234 g/mol. The molecule has 0 aromatic carbocycles. The van der Waals surface area contributed by atoms with Gasteiger partial charge in [0.15, 0.2) is 6.04 Å². The van der Waals surface area contributed by atoms with E-state index in [0.29, 0.717) is 0 Å². The largest absolute Gasteiger partial charge is 0.480 e. The predicted octanol–water partition coefficient (Wildman–Crippen LogP) is -2.56. The van der Waals surface area contributed by atoms with Crippen molar-refractivity contribution in [1.29, 1.82) is 0 Å². The summed E-state index contributed by atoms with van der Waals surface area (Å²) in [5.74, 6) is -3.39. The molecule has 2 atom stereocenters. The molecule has 0 aliphatic heterocycles. The van der Waals surface area contributed by atoms with Crippen molar-refractivity contribution in [2.45, 2.75) is 19.0 Å². The number of aliphatic carboxylic acids is 1. The first-order valence-corrected chi connectivity index (χ1v) is 4.50. The molecule has 8 heteroatoms. The summed E-state index contributed by atoms with van der Waals surface area (Å²) in [5, 5.41) is 19.0. The van der Waals surface area contributed by atoms with E-state index in [1.165, 1.54) is 6.92 Å². The fourth-order valence-electron chi connectivity index (χ4n) is 0.786. The predicted molar refractivity (Wildman–Crippen MR) is 51.3 cm³/mol. The zero-order valence-corrected chi connectivity index (χ0v) is 8.67. The van der Waals surface area contributed by atoms with Crippen LogP contribution in [-0.2, 0) is 19.1 Å². The number of amides is 1. The highest BCUT2D eigenvalue weighted by molar-refractivity contribution is 6.02. The number of rotatable bonds is 6. The molecule has 0 radical (unpaired) electrons. The maximum atomic E-state index is 11.2. The normalized spacial score (nSPS) is 13.7. The monoisotopic (exact) mass is 234 g/mol. The molecule has 0 spiro atoms. The Morgan fingerprint density at radius 3 is 2.38 bits per heavy atom. The number of aliphatic hydroxyl groups is 1. The van der Waals surface area contributed by atoms with Crippen LogP contribution in [0, 0.1) is 0 Å². The van der Waals surface area contributed by atoms with Gasteiger partial charge in [0, 0.05) is 0 Å². The Morgan fingerprint density at radius 1 is 1.44 bits per heavy atom. The fraction of sp³-hybridized carbons (Fsp3) is 0.625. The molecule has 0 saturated carbocycles. The standard InChI is InChI=1S/C8H14N2O6/c1-2-16-8(15)5(9)6(12)10-4(3-11)7(13)14/h4-5,11H,2-3,9H2,1H3,(H,10,12)(H,13,14)/t4-,5?/m0/s1. The van der Waals surface area contributed by atoms with Gasteiger partial charge in [0.05, 0.1) is 13.2 Å². The molecule has 0 saturated heterocycles. The van der Waals surface area contributed by atoms with Crippen LogP contribution >= 0.6 is 0 Å². The quantitative estimate of drug-likeness (QED) is 0.293. The summed E-state index contributed by atoms with van der Waals surface area (Å²) < 4.78 is 4.47. The Kier molecular flexibility index (Phi) is 6.04. The highest BCUT2D eigenvalue weighted by atomic mass is 16.5.